The fourth-order valence-corrected chi connectivity index (χ4v) is 4.12. The molecule has 1 unspecified atom stereocenters. The average Bonchev–Trinajstić information content (AvgIpc) is 3.05. The normalized spacial score (nSPS) is 17.0. The minimum atomic E-state index is 0.160. The van der Waals surface area contributed by atoms with Gasteiger partial charge in [-0.1, -0.05) is 18.1 Å². The number of rotatable bonds is 4. The maximum absolute atomic E-state index is 10.3. The monoisotopic (exact) mass is 471 g/mol. The highest BCUT2D eigenvalue weighted by molar-refractivity contribution is 5.74. The molecule has 1 aliphatic rings. The summed E-state index contributed by atoms with van der Waals surface area (Å²) in [5.74, 6) is 7.03. The molecule has 1 aliphatic heterocycles. The molecule has 8 nitrogen and oxygen atoms in total. The highest BCUT2D eigenvalue weighted by atomic mass is 16.3. The number of nitrogen functional groups attached to an aromatic ring is 1. The highest BCUT2D eigenvalue weighted by Crippen LogP contribution is 2.32. The second-order valence-corrected chi connectivity index (χ2v) is 9.14. The maximum Gasteiger partial charge on any atom is 0.169 e. The van der Waals surface area contributed by atoms with Crippen molar-refractivity contribution >= 4 is 17.2 Å². The summed E-state index contributed by atoms with van der Waals surface area (Å²) in [6.45, 7) is 6.75. The molecule has 0 bridgehead atoms. The standard InChI is InChI=1S/C27H33N7O/c1-19(32(3)4)9-10-21-17-22(11-13-29-21)34-16-15-33(14-12-20(34)2)25-18-24(30-31-27(25)28)23-7-5-6-8-26(23)35/h5-8,11,13,17-20,35H,12,14-16H2,1-4H3,(H2,28,31)/t19?,20-/m1/s1. The number of phenolic OH excluding ortho intramolecular Hbond substituents is 1. The van der Waals surface area contributed by atoms with E-state index in [1.165, 1.54) is 0 Å². The fraction of sp³-hybridized carbons (Fsp3) is 0.370. The van der Waals surface area contributed by atoms with Gasteiger partial charge >= 0.3 is 0 Å². The first kappa shape index (κ1) is 24.3. The summed E-state index contributed by atoms with van der Waals surface area (Å²) < 4.78 is 0. The minimum absolute atomic E-state index is 0.160. The van der Waals surface area contributed by atoms with Crippen molar-refractivity contribution in [2.24, 2.45) is 0 Å². The van der Waals surface area contributed by atoms with Crippen molar-refractivity contribution in [3.05, 3.63) is 54.4 Å². The van der Waals surface area contributed by atoms with Gasteiger partial charge in [-0.3, -0.25) is 4.90 Å². The molecule has 0 radical (unpaired) electrons. The van der Waals surface area contributed by atoms with Crippen molar-refractivity contribution in [2.75, 3.05) is 49.3 Å². The van der Waals surface area contributed by atoms with E-state index in [4.69, 9.17) is 5.73 Å². The van der Waals surface area contributed by atoms with E-state index < -0.39 is 0 Å². The SMILES string of the molecule is CC(C#Cc1cc(N2CCN(c3cc(-c4ccccc4O)nnc3N)CC[C@H]2C)ccn1)N(C)C. The Balaban J connectivity index is 1.55. The molecule has 35 heavy (non-hydrogen) atoms. The van der Waals surface area contributed by atoms with Crippen LogP contribution in [0.1, 0.15) is 26.0 Å². The Morgan fingerprint density at radius 3 is 2.69 bits per heavy atom. The summed E-state index contributed by atoms with van der Waals surface area (Å²) in [4.78, 5) is 11.2. The van der Waals surface area contributed by atoms with Crippen LogP contribution in [0.2, 0.25) is 0 Å². The van der Waals surface area contributed by atoms with Crippen molar-refractivity contribution in [1.82, 2.24) is 20.1 Å². The van der Waals surface area contributed by atoms with Gasteiger partial charge in [0.05, 0.1) is 17.4 Å². The van der Waals surface area contributed by atoms with Gasteiger partial charge in [0.25, 0.3) is 0 Å². The van der Waals surface area contributed by atoms with E-state index in [0.29, 0.717) is 23.1 Å². The lowest BCUT2D eigenvalue weighted by molar-refractivity contribution is 0.373. The number of para-hydroxylation sites is 1. The lowest BCUT2D eigenvalue weighted by Crippen LogP contribution is -2.35. The van der Waals surface area contributed by atoms with Crippen molar-refractivity contribution in [3.63, 3.8) is 0 Å². The molecule has 1 saturated heterocycles. The second-order valence-electron chi connectivity index (χ2n) is 9.14. The molecule has 2 atom stereocenters. The number of nitrogens with zero attached hydrogens (tertiary/aromatic N) is 6. The van der Waals surface area contributed by atoms with E-state index in [2.05, 4.69) is 61.6 Å². The van der Waals surface area contributed by atoms with E-state index in [0.717, 1.165) is 43.1 Å². The number of hydrogen-bond acceptors (Lipinski definition) is 8. The first-order valence-corrected chi connectivity index (χ1v) is 11.9. The molecule has 3 aromatic rings. The number of hydrogen-bond donors (Lipinski definition) is 2. The lowest BCUT2D eigenvalue weighted by atomic mass is 10.1. The average molecular weight is 472 g/mol. The smallest absolute Gasteiger partial charge is 0.169 e. The Kier molecular flexibility index (Phi) is 7.37. The van der Waals surface area contributed by atoms with Gasteiger partial charge in [0.2, 0.25) is 0 Å². The molecule has 1 fully saturated rings. The zero-order valence-electron chi connectivity index (χ0n) is 20.8. The molecule has 0 spiro atoms. The number of aromatic hydroxyl groups is 1. The third-order valence-electron chi connectivity index (χ3n) is 6.54. The predicted molar refractivity (Wildman–Crippen MR) is 141 cm³/mol. The predicted octanol–water partition coefficient (Wildman–Crippen LogP) is 3.23. The first-order valence-electron chi connectivity index (χ1n) is 11.9. The molecule has 2 aromatic heterocycles. The molecule has 3 heterocycles. The topological polar surface area (TPSA) is 94.6 Å². The van der Waals surface area contributed by atoms with Crippen LogP contribution < -0.4 is 15.5 Å². The Labute approximate surface area is 207 Å². The van der Waals surface area contributed by atoms with Gasteiger partial charge in [0.15, 0.2) is 5.82 Å². The second kappa shape index (κ2) is 10.6. The van der Waals surface area contributed by atoms with E-state index in [1.807, 2.05) is 44.6 Å². The zero-order chi connectivity index (χ0) is 24.9. The van der Waals surface area contributed by atoms with Crippen LogP contribution in [-0.4, -0.2) is 71.0 Å². The Morgan fingerprint density at radius 2 is 1.91 bits per heavy atom. The molecule has 4 rings (SSSR count). The molecule has 1 aromatic carbocycles. The Morgan fingerprint density at radius 1 is 1.11 bits per heavy atom. The van der Waals surface area contributed by atoms with E-state index in [9.17, 15) is 5.11 Å². The van der Waals surface area contributed by atoms with Crippen molar-refractivity contribution in [3.8, 4) is 28.8 Å². The van der Waals surface area contributed by atoms with E-state index in [-0.39, 0.29) is 11.8 Å². The van der Waals surface area contributed by atoms with Crippen LogP contribution in [0.5, 0.6) is 5.75 Å². The Bertz CT molecular complexity index is 1230. The number of benzene rings is 1. The van der Waals surface area contributed by atoms with Crippen LogP contribution >= 0.6 is 0 Å². The third-order valence-corrected chi connectivity index (χ3v) is 6.54. The molecule has 0 saturated carbocycles. The Hall–Kier alpha value is -3.83. The van der Waals surface area contributed by atoms with Gasteiger partial charge in [-0.15, -0.1) is 10.2 Å². The lowest BCUT2D eigenvalue weighted by Gasteiger charge is -2.29. The van der Waals surface area contributed by atoms with Crippen LogP contribution in [0.4, 0.5) is 17.2 Å². The third kappa shape index (κ3) is 5.64. The minimum Gasteiger partial charge on any atom is -0.507 e. The quantitative estimate of drug-likeness (QED) is 0.560. The zero-order valence-corrected chi connectivity index (χ0v) is 20.8. The van der Waals surface area contributed by atoms with Crippen molar-refractivity contribution in [1.29, 1.82) is 0 Å². The summed E-state index contributed by atoms with van der Waals surface area (Å²) in [5, 5.41) is 18.7. The summed E-state index contributed by atoms with van der Waals surface area (Å²) in [7, 11) is 4.04. The first-order chi connectivity index (χ1) is 16.8. The van der Waals surface area contributed by atoms with Crippen molar-refractivity contribution in [2.45, 2.75) is 32.4 Å². The van der Waals surface area contributed by atoms with Crippen LogP contribution in [0, 0.1) is 11.8 Å². The molecule has 182 valence electrons. The largest absolute Gasteiger partial charge is 0.507 e. The highest BCUT2D eigenvalue weighted by Gasteiger charge is 2.24. The summed E-state index contributed by atoms with van der Waals surface area (Å²) in [5.41, 5.74) is 10.2. The summed E-state index contributed by atoms with van der Waals surface area (Å²) in [6, 6.07) is 13.7. The maximum atomic E-state index is 10.3. The summed E-state index contributed by atoms with van der Waals surface area (Å²) in [6.07, 6.45) is 2.78. The molecule has 0 aliphatic carbocycles. The molecule has 8 heteroatoms. The fourth-order valence-electron chi connectivity index (χ4n) is 4.12. The number of anilines is 3. The number of pyridine rings is 1. The van der Waals surface area contributed by atoms with Gasteiger partial charge in [-0.05, 0) is 70.6 Å². The molecule has 0 amide bonds. The van der Waals surface area contributed by atoms with Crippen LogP contribution in [0.15, 0.2) is 48.7 Å². The van der Waals surface area contributed by atoms with Crippen molar-refractivity contribution < 1.29 is 5.11 Å². The van der Waals surface area contributed by atoms with Gasteiger partial charge in [0, 0.05) is 43.1 Å². The molecule has 3 N–H and O–H groups in total. The molecular weight excluding hydrogens is 438 g/mol. The van der Waals surface area contributed by atoms with Gasteiger partial charge < -0.3 is 20.6 Å². The van der Waals surface area contributed by atoms with Crippen LogP contribution in [-0.2, 0) is 0 Å². The van der Waals surface area contributed by atoms with Gasteiger partial charge in [-0.25, -0.2) is 4.98 Å². The van der Waals surface area contributed by atoms with Crippen LogP contribution in [0.25, 0.3) is 11.3 Å². The van der Waals surface area contributed by atoms with Gasteiger partial charge in [-0.2, -0.15) is 0 Å². The van der Waals surface area contributed by atoms with Crippen LogP contribution in [0.3, 0.4) is 0 Å². The number of nitrogens with two attached hydrogens (primary N) is 1. The van der Waals surface area contributed by atoms with E-state index >= 15 is 0 Å². The molecular formula is C27H33N7O. The number of phenols is 1. The van der Waals surface area contributed by atoms with Gasteiger partial charge in [0.1, 0.15) is 11.4 Å². The number of aromatic nitrogens is 3. The summed E-state index contributed by atoms with van der Waals surface area (Å²) >= 11 is 0. The van der Waals surface area contributed by atoms with E-state index in [1.54, 1.807) is 12.1 Å².